The fourth-order valence-electron chi connectivity index (χ4n) is 2.68. The van der Waals surface area contributed by atoms with Gasteiger partial charge in [0.1, 0.15) is 5.82 Å². The number of halogens is 1. The van der Waals surface area contributed by atoms with E-state index in [-0.39, 0.29) is 23.3 Å². The molecule has 4 rings (SSSR count). The van der Waals surface area contributed by atoms with Crippen molar-refractivity contribution in [1.29, 1.82) is 0 Å². The number of nitrogens with one attached hydrogen (secondary N) is 1. The van der Waals surface area contributed by atoms with Gasteiger partial charge in [0, 0.05) is 6.04 Å². The molecule has 3 aromatic rings. The molecule has 2 aromatic carbocycles. The van der Waals surface area contributed by atoms with Gasteiger partial charge >= 0.3 is 0 Å². The Labute approximate surface area is 153 Å². The Morgan fingerprint density at radius 3 is 2.81 bits per heavy atom. The van der Waals surface area contributed by atoms with Crippen molar-refractivity contribution in [1.82, 2.24) is 14.9 Å². The average molecular weight is 369 g/mol. The Morgan fingerprint density at radius 2 is 2.04 bits per heavy atom. The molecule has 1 aromatic heterocycles. The summed E-state index contributed by atoms with van der Waals surface area (Å²) in [5, 5.41) is 3.72. The summed E-state index contributed by atoms with van der Waals surface area (Å²) >= 11 is 1.17. The van der Waals surface area contributed by atoms with Gasteiger partial charge < -0.3 is 5.32 Å². The van der Waals surface area contributed by atoms with Gasteiger partial charge in [-0.05, 0) is 43.2 Å². The summed E-state index contributed by atoms with van der Waals surface area (Å²) in [6, 6.07) is 13.1. The second-order valence-corrected chi connectivity index (χ2v) is 7.10. The molecule has 1 aliphatic rings. The number of amides is 1. The summed E-state index contributed by atoms with van der Waals surface area (Å²) in [6.07, 6.45) is 2.03. The van der Waals surface area contributed by atoms with Crippen molar-refractivity contribution in [2.24, 2.45) is 0 Å². The fourth-order valence-corrected chi connectivity index (χ4v) is 3.50. The molecule has 0 saturated heterocycles. The van der Waals surface area contributed by atoms with E-state index in [1.807, 2.05) is 0 Å². The third-order valence-corrected chi connectivity index (χ3v) is 5.02. The maximum absolute atomic E-state index is 13.7. The van der Waals surface area contributed by atoms with E-state index in [4.69, 9.17) is 0 Å². The van der Waals surface area contributed by atoms with Gasteiger partial charge in [0.25, 0.3) is 5.56 Å². The molecular formula is C19H16FN3O2S. The number of carbonyl (C=O) groups is 1. The van der Waals surface area contributed by atoms with Crippen LogP contribution in [0.4, 0.5) is 4.39 Å². The normalized spacial score (nSPS) is 13.7. The summed E-state index contributed by atoms with van der Waals surface area (Å²) in [6.45, 7) is 0. The van der Waals surface area contributed by atoms with Gasteiger partial charge in [0.05, 0.1) is 22.3 Å². The maximum atomic E-state index is 13.7. The highest BCUT2D eigenvalue weighted by atomic mass is 32.2. The molecule has 26 heavy (non-hydrogen) atoms. The molecule has 0 bridgehead atoms. The van der Waals surface area contributed by atoms with E-state index in [0.717, 1.165) is 12.8 Å². The van der Waals surface area contributed by atoms with Gasteiger partial charge in [-0.25, -0.2) is 9.37 Å². The smallest absolute Gasteiger partial charge is 0.266 e. The van der Waals surface area contributed by atoms with Gasteiger partial charge in [-0.1, -0.05) is 30.0 Å². The lowest BCUT2D eigenvalue weighted by Crippen LogP contribution is -2.28. The number of benzene rings is 2. The Kier molecular flexibility index (Phi) is 4.46. The molecule has 0 radical (unpaired) electrons. The molecule has 7 heteroatoms. The number of aromatic nitrogens is 2. The first kappa shape index (κ1) is 16.8. The van der Waals surface area contributed by atoms with E-state index in [1.54, 1.807) is 36.4 Å². The molecule has 1 aliphatic carbocycles. The lowest BCUT2D eigenvalue weighted by Gasteiger charge is -2.13. The fraction of sp³-hybridized carbons (Fsp3) is 0.211. The number of fused-ring (bicyclic) bond motifs is 1. The van der Waals surface area contributed by atoms with Crippen LogP contribution in [0.1, 0.15) is 12.8 Å². The molecule has 0 unspecified atom stereocenters. The summed E-state index contributed by atoms with van der Waals surface area (Å²) in [4.78, 5) is 29.5. The molecule has 1 N–H and O–H groups in total. The number of para-hydroxylation sites is 1. The van der Waals surface area contributed by atoms with Crippen LogP contribution >= 0.6 is 11.8 Å². The standard InChI is InChI=1S/C19H16FN3O2S/c20-12-4-3-5-14(10-12)23-18(25)15-6-1-2-7-16(15)22-19(23)26-11-17(24)21-13-8-9-13/h1-7,10,13H,8-9,11H2,(H,21,24). The highest BCUT2D eigenvalue weighted by Crippen LogP contribution is 2.23. The van der Waals surface area contributed by atoms with Crippen molar-refractivity contribution >= 4 is 28.6 Å². The predicted molar refractivity (Wildman–Crippen MR) is 99.2 cm³/mol. The minimum Gasteiger partial charge on any atom is -0.353 e. The molecule has 5 nitrogen and oxygen atoms in total. The Morgan fingerprint density at radius 1 is 1.23 bits per heavy atom. The summed E-state index contributed by atoms with van der Waals surface area (Å²) in [5.74, 6) is -0.382. The third-order valence-electron chi connectivity index (χ3n) is 4.09. The minimum absolute atomic E-state index is 0.0919. The van der Waals surface area contributed by atoms with E-state index in [0.29, 0.717) is 21.7 Å². The van der Waals surface area contributed by atoms with E-state index < -0.39 is 5.82 Å². The zero-order valence-electron chi connectivity index (χ0n) is 13.8. The van der Waals surface area contributed by atoms with Gasteiger partial charge in [-0.2, -0.15) is 0 Å². The van der Waals surface area contributed by atoms with Crippen LogP contribution in [0.2, 0.25) is 0 Å². The molecule has 1 amide bonds. The minimum atomic E-state index is -0.440. The second kappa shape index (κ2) is 6.92. The van der Waals surface area contributed by atoms with E-state index in [1.165, 1.54) is 28.5 Å². The van der Waals surface area contributed by atoms with Crippen molar-refractivity contribution < 1.29 is 9.18 Å². The molecule has 1 fully saturated rings. The first-order valence-electron chi connectivity index (χ1n) is 8.32. The van der Waals surface area contributed by atoms with Crippen molar-refractivity contribution in [2.75, 3.05) is 5.75 Å². The third kappa shape index (κ3) is 3.48. The molecule has 0 spiro atoms. The van der Waals surface area contributed by atoms with Crippen LogP contribution in [-0.4, -0.2) is 27.3 Å². The molecule has 1 heterocycles. The number of thioether (sulfide) groups is 1. The van der Waals surface area contributed by atoms with Crippen LogP contribution < -0.4 is 10.9 Å². The zero-order valence-corrected chi connectivity index (χ0v) is 14.6. The number of hydrogen-bond donors (Lipinski definition) is 1. The summed E-state index contributed by atoms with van der Waals surface area (Å²) in [5.41, 5.74) is 0.653. The topological polar surface area (TPSA) is 64.0 Å². The van der Waals surface area contributed by atoms with Gasteiger partial charge in [0.15, 0.2) is 5.16 Å². The number of rotatable bonds is 5. The van der Waals surface area contributed by atoms with Crippen LogP contribution in [0.15, 0.2) is 58.5 Å². The molecule has 1 saturated carbocycles. The van der Waals surface area contributed by atoms with E-state index in [2.05, 4.69) is 10.3 Å². The van der Waals surface area contributed by atoms with E-state index >= 15 is 0 Å². The lowest BCUT2D eigenvalue weighted by molar-refractivity contribution is -0.118. The van der Waals surface area contributed by atoms with Gasteiger partial charge in [-0.15, -0.1) is 0 Å². The molecular weight excluding hydrogens is 353 g/mol. The van der Waals surface area contributed by atoms with E-state index in [9.17, 15) is 14.0 Å². The predicted octanol–water partition coefficient (Wildman–Crippen LogP) is 2.90. The van der Waals surface area contributed by atoms with Crippen LogP contribution in [0.5, 0.6) is 0 Å². The number of carbonyl (C=O) groups excluding carboxylic acids is 1. The van der Waals surface area contributed by atoms with Gasteiger partial charge in [0.2, 0.25) is 5.91 Å². The highest BCUT2D eigenvalue weighted by Gasteiger charge is 2.23. The Hall–Kier alpha value is -2.67. The average Bonchev–Trinajstić information content (AvgIpc) is 3.44. The number of nitrogens with zero attached hydrogens (tertiary/aromatic N) is 2. The van der Waals surface area contributed by atoms with Crippen molar-refractivity contribution in [3.63, 3.8) is 0 Å². The van der Waals surface area contributed by atoms with Crippen LogP contribution in [-0.2, 0) is 4.79 Å². The first-order valence-corrected chi connectivity index (χ1v) is 9.30. The summed E-state index contributed by atoms with van der Waals surface area (Å²) in [7, 11) is 0. The van der Waals surface area contributed by atoms with Crippen LogP contribution in [0.3, 0.4) is 0 Å². The van der Waals surface area contributed by atoms with Gasteiger partial charge in [-0.3, -0.25) is 14.2 Å². The monoisotopic (exact) mass is 369 g/mol. The number of hydrogen-bond acceptors (Lipinski definition) is 4. The SMILES string of the molecule is O=C(CSc1nc2ccccc2c(=O)n1-c1cccc(F)c1)NC1CC1. The van der Waals surface area contributed by atoms with Crippen molar-refractivity contribution in [3.05, 3.63) is 64.7 Å². The lowest BCUT2D eigenvalue weighted by atomic mass is 10.2. The zero-order chi connectivity index (χ0) is 18.1. The first-order chi connectivity index (χ1) is 12.6. The summed E-state index contributed by atoms with van der Waals surface area (Å²) < 4.78 is 15.0. The molecule has 0 aliphatic heterocycles. The van der Waals surface area contributed by atoms with Crippen molar-refractivity contribution in [3.8, 4) is 5.69 Å². The Balaban J connectivity index is 1.77. The van der Waals surface area contributed by atoms with Crippen LogP contribution in [0, 0.1) is 5.82 Å². The Bertz CT molecular complexity index is 1050. The largest absolute Gasteiger partial charge is 0.353 e. The molecule has 0 atom stereocenters. The maximum Gasteiger partial charge on any atom is 0.266 e. The molecule has 132 valence electrons. The highest BCUT2D eigenvalue weighted by molar-refractivity contribution is 7.99. The quantitative estimate of drug-likeness (QED) is 0.555. The second-order valence-electron chi connectivity index (χ2n) is 6.16. The van der Waals surface area contributed by atoms with Crippen LogP contribution in [0.25, 0.3) is 16.6 Å². The van der Waals surface area contributed by atoms with Crippen molar-refractivity contribution in [2.45, 2.75) is 24.0 Å².